The Bertz CT molecular complexity index is 376. The molecule has 94 valence electrons. The molecular weight excluding hydrogens is 240 g/mol. The van der Waals surface area contributed by atoms with Crippen LogP contribution in [0.1, 0.15) is 14.7 Å². The standard InChI is InChI=1S/C10H16N4O2S/c11-13-10(15)8-7-12-9(17-8)1-2-14-3-5-16-6-4-14/h7H,1-6,11H2,(H,13,15). The zero-order chi connectivity index (χ0) is 12.1. The minimum atomic E-state index is -0.278. The topological polar surface area (TPSA) is 80.5 Å². The summed E-state index contributed by atoms with van der Waals surface area (Å²) in [6.07, 6.45) is 2.43. The molecule has 2 heterocycles. The van der Waals surface area contributed by atoms with E-state index in [4.69, 9.17) is 10.6 Å². The smallest absolute Gasteiger partial charge is 0.276 e. The monoisotopic (exact) mass is 256 g/mol. The number of nitrogens with two attached hydrogens (primary N) is 1. The highest BCUT2D eigenvalue weighted by atomic mass is 32.1. The highest BCUT2D eigenvalue weighted by molar-refractivity contribution is 7.13. The van der Waals surface area contributed by atoms with Crippen molar-refractivity contribution in [3.63, 3.8) is 0 Å². The molecule has 0 aliphatic carbocycles. The number of nitrogen functional groups attached to an aromatic ring is 1. The Morgan fingerprint density at radius 1 is 1.59 bits per heavy atom. The van der Waals surface area contributed by atoms with Gasteiger partial charge >= 0.3 is 0 Å². The first-order chi connectivity index (χ1) is 8.29. The van der Waals surface area contributed by atoms with E-state index in [2.05, 4.69) is 15.3 Å². The van der Waals surface area contributed by atoms with E-state index in [0.29, 0.717) is 4.88 Å². The van der Waals surface area contributed by atoms with Crippen molar-refractivity contribution < 1.29 is 9.53 Å². The number of carbonyl (C=O) groups is 1. The van der Waals surface area contributed by atoms with E-state index in [1.807, 2.05) is 0 Å². The van der Waals surface area contributed by atoms with Crippen molar-refractivity contribution in [3.05, 3.63) is 16.1 Å². The minimum absolute atomic E-state index is 0.278. The van der Waals surface area contributed by atoms with Crippen molar-refractivity contribution in [1.29, 1.82) is 0 Å². The van der Waals surface area contributed by atoms with Gasteiger partial charge in [0.05, 0.1) is 24.4 Å². The molecule has 17 heavy (non-hydrogen) atoms. The third-order valence-electron chi connectivity index (χ3n) is 2.65. The maximum atomic E-state index is 11.2. The summed E-state index contributed by atoms with van der Waals surface area (Å²) < 4.78 is 5.28. The molecule has 1 amide bonds. The number of aromatic nitrogens is 1. The molecule has 0 unspecified atom stereocenters. The van der Waals surface area contributed by atoms with E-state index in [9.17, 15) is 4.79 Å². The second kappa shape index (κ2) is 6.06. The minimum Gasteiger partial charge on any atom is -0.379 e. The fourth-order valence-electron chi connectivity index (χ4n) is 1.68. The first-order valence-corrected chi connectivity index (χ1v) is 6.37. The van der Waals surface area contributed by atoms with Gasteiger partial charge in [0.15, 0.2) is 0 Å². The van der Waals surface area contributed by atoms with Gasteiger partial charge in [-0.3, -0.25) is 15.1 Å². The van der Waals surface area contributed by atoms with Crippen LogP contribution in [0.15, 0.2) is 6.20 Å². The van der Waals surface area contributed by atoms with Crippen LogP contribution in [0.25, 0.3) is 0 Å². The first kappa shape index (κ1) is 12.4. The van der Waals surface area contributed by atoms with Gasteiger partial charge in [0.25, 0.3) is 5.91 Å². The average molecular weight is 256 g/mol. The van der Waals surface area contributed by atoms with Crippen molar-refractivity contribution in [2.75, 3.05) is 32.8 Å². The van der Waals surface area contributed by atoms with Crippen LogP contribution in [0, 0.1) is 0 Å². The van der Waals surface area contributed by atoms with E-state index in [1.54, 1.807) is 6.20 Å². The van der Waals surface area contributed by atoms with Crippen molar-refractivity contribution >= 4 is 17.2 Å². The Morgan fingerprint density at radius 2 is 2.35 bits per heavy atom. The van der Waals surface area contributed by atoms with Gasteiger partial charge in [-0.05, 0) is 0 Å². The molecular formula is C10H16N4O2S. The van der Waals surface area contributed by atoms with Gasteiger partial charge in [0, 0.05) is 26.1 Å². The lowest BCUT2D eigenvalue weighted by Gasteiger charge is -2.25. The quantitative estimate of drug-likeness (QED) is 0.436. The number of amides is 1. The molecule has 1 aliphatic rings. The highest BCUT2D eigenvalue weighted by Gasteiger charge is 2.12. The van der Waals surface area contributed by atoms with Gasteiger partial charge < -0.3 is 4.74 Å². The van der Waals surface area contributed by atoms with Crippen molar-refractivity contribution in [2.45, 2.75) is 6.42 Å². The number of morpholine rings is 1. The summed E-state index contributed by atoms with van der Waals surface area (Å²) in [7, 11) is 0. The fourth-order valence-corrected chi connectivity index (χ4v) is 2.49. The second-order valence-electron chi connectivity index (χ2n) is 3.80. The number of hydrogen-bond acceptors (Lipinski definition) is 6. The lowest BCUT2D eigenvalue weighted by Crippen LogP contribution is -2.37. The summed E-state index contributed by atoms with van der Waals surface area (Å²) in [4.78, 5) is 18.4. The average Bonchev–Trinajstić information content (AvgIpc) is 2.85. The largest absolute Gasteiger partial charge is 0.379 e. The first-order valence-electron chi connectivity index (χ1n) is 5.55. The molecule has 1 aromatic heterocycles. The number of hydrazine groups is 1. The molecule has 1 aromatic rings. The summed E-state index contributed by atoms with van der Waals surface area (Å²) >= 11 is 1.39. The predicted molar refractivity (Wildman–Crippen MR) is 64.7 cm³/mol. The number of rotatable bonds is 4. The molecule has 7 heteroatoms. The predicted octanol–water partition coefficient (Wildman–Crippen LogP) is -0.379. The summed E-state index contributed by atoms with van der Waals surface area (Å²) in [6, 6.07) is 0. The van der Waals surface area contributed by atoms with Gasteiger partial charge in [0.2, 0.25) is 0 Å². The number of nitrogens with one attached hydrogen (secondary N) is 1. The molecule has 2 rings (SSSR count). The molecule has 0 aromatic carbocycles. The number of thiazole rings is 1. The van der Waals surface area contributed by atoms with Crippen LogP contribution in [0.2, 0.25) is 0 Å². The maximum absolute atomic E-state index is 11.2. The van der Waals surface area contributed by atoms with Crippen LogP contribution in [0.5, 0.6) is 0 Å². The number of hydrogen-bond donors (Lipinski definition) is 2. The zero-order valence-electron chi connectivity index (χ0n) is 9.52. The van der Waals surface area contributed by atoms with Crippen LogP contribution in [0.4, 0.5) is 0 Å². The Hall–Kier alpha value is -1.02. The normalized spacial score (nSPS) is 17.0. The van der Waals surface area contributed by atoms with E-state index in [0.717, 1.165) is 44.3 Å². The van der Waals surface area contributed by atoms with Crippen molar-refractivity contribution in [3.8, 4) is 0 Å². The molecule has 6 nitrogen and oxygen atoms in total. The molecule has 0 radical (unpaired) electrons. The van der Waals surface area contributed by atoms with Gasteiger partial charge in [0.1, 0.15) is 4.88 Å². The van der Waals surface area contributed by atoms with E-state index in [1.165, 1.54) is 11.3 Å². The van der Waals surface area contributed by atoms with Crippen molar-refractivity contribution in [2.24, 2.45) is 5.84 Å². The van der Waals surface area contributed by atoms with Crippen LogP contribution >= 0.6 is 11.3 Å². The molecule has 0 atom stereocenters. The molecule has 1 fully saturated rings. The molecule has 3 N–H and O–H groups in total. The van der Waals surface area contributed by atoms with Crippen LogP contribution in [0.3, 0.4) is 0 Å². The summed E-state index contributed by atoms with van der Waals surface area (Å²) in [5, 5.41) is 0.968. The SMILES string of the molecule is NNC(=O)c1cnc(CCN2CCOCC2)s1. The third-order valence-corrected chi connectivity index (χ3v) is 3.71. The van der Waals surface area contributed by atoms with Gasteiger partial charge in [-0.1, -0.05) is 0 Å². The van der Waals surface area contributed by atoms with Crippen LogP contribution in [-0.4, -0.2) is 48.6 Å². The Balaban J connectivity index is 1.82. The van der Waals surface area contributed by atoms with Crippen LogP contribution in [-0.2, 0) is 11.2 Å². The zero-order valence-corrected chi connectivity index (χ0v) is 10.3. The molecule has 1 saturated heterocycles. The Labute approximate surface area is 104 Å². The van der Waals surface area contributed by atoms with Crippen LogP contribution < -0.4 is 11.3 Å². The Kier molecular flexibility index (Phi) is 4.43. The number of carbonyl (C=O) groups excluding carboxylic acids is 1. The maximum Gasteiger partial charge on any atom is 0.276 e. The molecule has 0 saturated carbocycles. The third kappa shape index (κ3) is 3.47. The van der Waals surface area contributed by atoms with Gasteiger partial charge in [-0.15, -0.1) is 11.3 Å². The van der Waals surface area contributed by atoms with E-state index < -0.39 is 0 Å². The van der Waals surface area contributed by atoms with Crippen molar-refractivity contribution in [1.82, 2.24) is 15.3 Å². The highest BCUT2D eigenvalue weighted by Crippen LogP contribution is 2.13. The lowest BCUT2D eigenvalue weighted by atomic mass is 10.3. The molecule has 1 aliphatic heterocycles. The lowest BCUT2D eigenvalue weighted by molar-refractivity contribution is 0.0384. The Morgan fingerprint density at radius 3 is 3.06 bits per heavy atom. The van der Waals surface area contributed by atoms with E-state index in [-0.39, 0.29) is 5.91 Å². The number of nitrogens with zero attached hydrogens (tertiary/aromatic N) is 2. The van der Waals surface area contributed by atoms with Gasteiger partial charge in [-0.2, -0.15) is 0 Å². The molecule has 0 spiro atoms. The summed E-state index contributed by atoms with van der Waals surface area (Å²) in [5.41, 5.74) is 2.10. The summed E-state index contributed by atoms with van der Waals surface area (Å²) in [6.45, 7) is 4.51. The second-order valence-corrected chi connectivity index (χ2v) is 4.91. The molecule has 0 bridgehead atoms. The summed E-state index contributed by atoms with van der Waals surface area (Å²) in [5.74, 6) is 4.78. The fraction of sp³-hybridized carbons (Fsp3) is 0.600. The van der Waals surface area contributed by atoms with Gasteiger partial charge in [-0.25, -0.2) is 10.8 Å². The number of ether oxygens (including phenoxy) is 1. The van der Waals surface area contributed by atoms with E-state index >= 15 is 0 Å².